The van der Waals surface area contributed by atoms with Crippen LogP contribution in [0.4, 0.5) is 0 Å². The van der Waals surface area contributed by atoms with Gasteiger partial charge in [-0.2, -0.15) is 0 Å². The van der Waals surface area contributed by atoms with Gasteiger partial charge >= 0.3 is 5.97 Å². The lowest BCUT2D eigenvalue weighted by Gasteiger charge is -2.25. The van der Waals surface area contributed by atoms with Gasteiger partial charge in [0.05, 0.1) is 39.0 Å². The van der Waals surface area contributed by atoms with E-state index in [1.807, 2.05) is 55.5 Å². The molecule has 8 nitrogen and oxygen atoms in total. The summed E-state index contributed by atoms with van der Waals surface area (Å²) >= 11 is 14.4. The van der Waals surface area contributed by atoms with Crippen LogP contribution in [0.1, 0.15) is 36.1 Å². The van der Waals surface area contributed by atoms with Crippen LogP contribution in [-0.2, 0) is 16.1 Å². The van der Waals surface area contributed by atoms with Gasteiger partial charge in [-0.15, -0.1) is 0 Å². The van der Waals surface area contributed by atoms with Crippen molar-refractivity contribution in [3.05, 3.63) is 118 Å². The smallest absolute Gasteiger partial charge is 0.338 e. The van der Waals surface area contributed by atoms with Crippen molar-refractivity contribution in [2.45, 2.75) is 26.0 Å². The lowest BCUT2D eigenvalue weighted by molar-refractivity contribution is -0.136. The predicted octanol–water partition coefficient (Wildman–Crippen LogP) is 5.41. The van der Waals surface area contributed by atoms with Crippen LogP contribution in [0.3, 0.4) is 0 Å². The van der Waals surface area contributed by atoms with Gasteiger partial charge in [0.15, 0.2) is 22.0 Å². The van der Waals surface area contributed by atoms with Gasteiger partial charge in [-0.05, 0) is 53.5 Å². The van der Waals surface area contributed by atoms with Crippen molar-refractivity contribution in [1.82, 2.24) is 4.57 Å². The van der Waals surface area contributed by atoms with E-state index in [0.29, 0.717) is 59.9 Å². The molecule has 1 aromatic heterocycles. The highest BCUT2D eigenvalue weighted by Crippen LogP contribution is 2.37. The largest absolute Gasteiger partial charge is 0.486 e. The van der Waals surface area contributed by atoms with E-state index in [0.717, 1.165) is 11.1 Å². The molecule has 0 unspecified atom stereocenters. The van der Waals surface area contributed by atoms with E-state index in [-0.39, 0.29) is 19.0 Å². The first kappa shape index (κ1) is 28.1. The third-order valence-electron chi connectivity index (χ3n) is 6.90. The van der Waals surface area contributed by atoms with Crippen LogP contribution < -0.4 is 29.1 Å². The Bertz CT molecular complexity index is 1890. The SMILES string of the molecule is CCC1=C(C(=O)OC)[C@H](c2ccccc2)n2c(s/c(=C\c3cc(Cl)c(OCc4ccc5c(c4)OCO5)c(Cl)c3)c2=O)=N1. The minimum Gasteiger partial charge on any atom is -0.486 e. The number of rotatable bonds is 7. The molecule has 1 atom stereocenters. The van der Waals surface area contributed by atoms with Crippen molar-refractivity contribution in [2.24, 2.45) is 4.99 Å². The van der Waals surface area contributed by atoms with Gasteiger partial charge in [0.25, 0.3) is 5.56 Å². The summed E-state index contributed by atoms with van der Waals surface area (Å²) in [7, 11) is 1.33. The molecule has 0 amide bonds. The molecule has 42 heavy (non-hydrogen) atoms. The maximum atomic E-state index is 13.8. The third kappa shape index (κ3) is 5.19. The molecule has 0 aliphatic carbocycles. The molecule has 2 aliphatic heterocycles. The molecular formula is C31H24Cl2N2O6S. The first-order valence-electron chi connectivity index (χ1n) is 13.1. The van der Waals surface area contributed by atoms with Crippen molar-refractivity contribution in [3.63, 3.8) is 0 Å². The molecule has 0 spiro atoms. The average Bonchev–Trinajstić information content (AvgIpc) is 3.59. The Labute approximate surface area is 254 Å². The van der Waals surface area contributed by atoms with Crippen molar-refractivity contribution < 1.29 is 23.7 Å². The van der Waals surface area contributed by atoms with Crippen LogP contribution in [0, 0.1) is 0 Å². The number of aromatic nitrogens is 1. The number of benzene rings is 3. The Morgan fingerprint density at radius 3 is 2.55 bits per heavy atom. The standard InChI is InChI=1S/C31H24Cl2N2O6S/c1-3-22-26(30(37)38-2)27(19-7-5-4-6-8-19)35-29(36)25(42-31(35)34-22)14-18-11-20(32)28(21(33)12-18)39-15-17-9-10-23-24(13-17)41-16-40-23/h4-14,27H,3,15-16H2,1-2H3/b25-14-/t27-/m0/s1. The summed E-state index contributed by atoms with van der Waals surface area (Å²) in [5, 5.41) is 0.594. The minimum absolute atomic E-state index is 0.190. The Balaban J connectivity index is 1.36. The van der Waals surface area contributed by atoms with E-state index in [1.54, 1.807) is 22.8 Å². The molecule has 0 N–H and O–H groups in total. The highest BCUT2D eigenvalue weighted by atomic mass is 35.5. The van der Waals surface area contributed by atoms with E-state index in [4.69, 9.17) is 42.1 Å². The number of esters is 1. The first-order valence-corrected chi connectivity index (χ1v) is 14.6. The maximum absolute atomic E-state index is 13.8. The number of nitrogens with zero attached hydrogens (tertiary/aromatic N) is 2. The van der Waals surface area contributed by atoms with Crippen molar-refractivity contribution in [1.29, 1.82) is 0 Å². The molecule has 214 valence electrons. The Hall–Kier alpha value is -4.05. The molecule has 11 heteroatoms. The van der Waals surface area contributed by atoms with Gasteiger partial charge in [-0.1, -0.05) is 77.9 Å². The van der Waals surface area contributed by atoms with Crippen LogP contribution >= 0.6 is 34.5 Å². The molecule has 3 heterocycles. The highest BCUT2D eigenvalue weighted by molar-refractivity contribution is 7.07. The van der Waals surface area contributed by atoms with Crippen LogP contribution in [0.5, 0.6) is 17.2 Å². The second-order valence-electron chi connectivity index (χ2n) is 9.49. The van der Waals surface area contributed by atoms with Crippen LogP contribution in [-0.4, -0.2) is 24.4 Å². The number of hydrogen-bond acceptors (Lipinski definition) is 8. The van der Waals surface area contributed by atoms with Crippen molar-refractivity contribution >= 4 is 46.6 Å². The molecule has 2 aliphatic rings. The maximum Gasteiger partial charge on any atom is 0.338 e. The van der Waals surface area contributed by atoms with Gasteiger partial charge in [-0.3, -0.25) is 9.36 Å². The topological polar surface area (TPSA) is 88.4 Å². The fraction of sp³-hybridized carbons (Fsp3) is 0.194. The fourth-order valence-electron chi connectivity index (χ4n) is 4.95. The molecule has 0 saturated heterocycles. The zero-order chi connectivity index (χ0) is 29.4. The number of methoxy groups -OCH3 is 1. The summed E-state index contributed by atoms with van der Waals surface area (Å²) in [6, 6.07) is 17.6. The normalized spacial score (nSPS) is 15.8. The van der Waals surface area contributed by atoms with Crippen molar-refractivity contribution in [2.75, 3.05) is 13.9 Å². The third-order valence-corrected chi connectivity index (χ3v) is 8.45. The van der Waals surface area contributed by atoms with E-state index in [1.165, 1.54) is 18.4 Å². The van der Waals surface area contributed by atoms with Gasteiger partial charge in [0.1, 0.15) is 6.61 Å². The first-order chi connectivity index (χ1) is 20.4. The summed E-state index contributed by atoms with van der Waals surface area (Å²) in [6.45, 7) is 2.32. The number of thiazole rings is 1. The lowest BCUT2D eigenvalue weighted by atomic mass is 9.95. The number of allylic oxidation sites excluding steroid dienone is 1. The molecule has 0 saturated carbocycles. The quantitative estimate of drug-likeness (QED) is 0.256. The number of hydrogen-bond donors (Lipinski definition) is 0. The lowest BCUT2D eigenvalue weighted by Crippen LogP contribution is -2.40. The van der Waals surface area contributed by atoms with Gasteiger partial charge in [-0.25, -0.2) is 9.79 Å². The zero-order valence-corrected chi connectivity index (χ0v) is 24.9. The van der Waals surface area contributed by atoms with E-state index < -0.39 is 12.0 Å². The molecule has 6 rings (SSSR count). The van der Waals surface area contributed by atoms with Gasteiger partial charge < -0.3 is 18.9 Å². The van der Waals surface area contributed by atoms with Crippen LogP contribution in [0.2, 0.25) is 10.0 Å². The predicted molar refractivity (Wildman–Crippen MR) is 160 cm³/mol. The van der Waals surface area contributed by atoms with E-state index >= 15 is 0 Å². The summed E-state index contributed by atoms with van der Waals surface area (Å²) in [6.07, 6.45) is 2.20. The minimum atomic E-state index is -0.675. The summed E-state index contributed by atoms with van der Waals surface area (Å²) in [5.41, 5.74) is 2.90. The van der Waals surface area contributed by atoms with E-state index in [9.17, 15) is 9.59 Å². The zero-order valence-electron chi connectivity index (χ0n) is 22.6. The Morgan fingerprint density at radius 2 is 1.83 bits per heavy atom. The number of halogens is 2. The Kier molecular flexibility index (Phi) is 7.81. The van der Waals surface area contributed by atoms with Crippen LogP contribution in [0.25, 0.3) is 6.08 Å². The molecular weight excluding hydrogens is 599 g/mol. The second-order valence-corrected chi connectivity index (χ2v) is 11.3. The Morgan fingerprint density at radius 1 is 1.10 bits per heavy atom. The number of fused-ring (bicyclic) bond motifs is 2. The summed E-state index contributed by atoms with van der Waals surface area (Å²) in [5.74, 6) is 1.15. The van der Waals surface area contributed by atoms with Crippen molar-refractivity contribution in [3.8, 4) is 17.2 Å². The number of carbonyl (C=O) groups is 1. The monoisotopic (exact) mass is 622 g/mol. The second kappa shape index (κ2) is 11.7. The van der Waals surface area contributed by atoms with E-state index in [2.05, 4.69) is 4.99 Å². The average molecular weight is 624 g/mol. The number of ether oxygens (including phenoxy) is 4. The van der Waals surface area contributed by atoms with Gasteiger partial charge in [0.2, 0.25) is 6.79 Å². The van der Waals surface area contributed by atoms with Gasteiger partial charge in [0, 0.05) is 0 Å². The molecule has 0 fully saturated rings. The summed E-state index contributed by atoms with van der Waals surface area (Å²) < 4.78 is 23.8. The molecule has 4 aromatic rings. The molecule has 0 bridgehead atoms. The fourth-order valence-corrected chi connectivity index (χ4v) is 6.59. The highest BCUT2D eigenvalue weighted by Gasteiger charge is 2.33. The number of carbonyl (C=O) groups excluding carboxylic acids is 1. The summed E-state index contributed by atoms with van der Waals surface area (Å²) in [4.78, 5) is 31.9. The molecule has 3 aromatic carbocycles. The molecule has 0 radical (unpaired) electrons. The van der Waals surface area contributed by atoms with Crippen LogP contribution in [0.15, 0.2) is 81.7 Å².